The van der Waals surface area contributed by atoms with Crippen molar-refractivity contribution in [2.24, 2.45) is 0 Å². The van der Waals surface area contributed by atoms with Gasteiger partial charge in [0.15, 0.2) is 0 Å². The van der Waals surface area contributed by atoms with Crippen LogP contribution >= 0.6 is 11.6 Å². The van der Waals surface area contributed by atoms with Crippen LogP contribution in [-0.4, -0.2) is 81.6 Å². The Labute approximate surface area is 228 Å². The van der Waals surface area contributed by atoms with Crippen LogP contribution in [0.4, 0.5) is 29.5 Å². The fraction of sp³-hybridized carbons (Fsp3) is 0.542. The summed E-state index contributed by atoms with van der Waals surface area (Å²) >= 11 is 6.28. The number of nitrogens with one attached hydrogen (secondary N) is 1. The average molecular weight is 575 g/mol. The van der Waals surface area contributed by atoms with Crippen molar-refractivity contribution in [2.45, 2.75) is 58.0 Å². The van der Waals surface area contributed by atoms with Crippen LogP contribution in [0, 0.1) is 0 Å². The SMILES string of the molecule is COc1ncc(N2CCc3ncnc(N[C@H]4CCN(C(=O)OC(C)(C)C)C4)c3C2)cc1Cl.O=C(O)C(F)(F)F. The lowest BCUT2D eigenvalue weighted by atomic mass is 10.1. The topological polar surface area (TPSA) is 130 Å². The van der Waals surface area contributed by atoms with Crippen molar-refractivity contribution in [2.75, 3.05) is 37.0 Å². The number of alkyl halides is 3. The molecule has 4 heterocycles. The number of pyridine rings is 1. The number of nitrogens with zero attached hydrogens (tertiary/aromatic N) is 5. The van der Waals surface area contributed by atoms with Crippen molar-refractivity contribution >= 4 is 35.2 Å². The summed E-state index contributed by atoms with van der Waals surface area (Å²) in [5.41, 5.74) is 2.51. The largest absolute Gasteiger partial charge is 0.490 e. The van der Waals surface area contributed by atoms with E-state index in [0.29, 0.717) is 30.5 Å². The summed E-state index contributed by atoms with van der Waals surface area (Å²) in [6, 6.07) is 1.97. The number of amides is 1. The minimum Gasteiger partial charge on any atom is -0.480 e. The number of carbonyl (C=O) groups excluding carboxylic acids is 1. The van der Waals surface area contributed by atoms with Gasteiger partial charge in [-0.25, -0.2) is 24.5 Å². The van der Waals surface area contributed by atoms with Crippen molar-refractivity contribution in [3.8, 4) is 5.88 Å². The Kier molecular flexibility index (Phi) is 9.30. The molecule has 2 aromatic heterocycles. The molecule has 1 saturated heterocycles. The number of ether oxygens (including phenoxy) is 2. The molecule has 39 heavy (non-hydrogen) atoms. The molecule has 0 radical (unpaired) electrons. The lowest BCUT2D eigenvalue weighted by Gasteiger charge is -2.31. The number of likely N-dealkylation sites (tertiary alicyclic amines) is 1. The third-order valence-corrected chi connectivity index (χ3v) is 6.05. The first-order valence-corrected chi connectivity index (χ1v) is 12.4. The Morgan fingerprint density at radius 2 is 1.87 bits per heavy atom. The maximum atomic E-state index is 12.4. The van der Waals surface area contributed by atoms with Crippen molar-refractivity contribution in [3.63, 3.8) is 0 Å². The molecule has 1 amide bonds. The molecule has 0 unspecified atom stereocenters. The molecule has 4 rings (SSSR count). The van der Waals surface area contributed by atoms with Crippen LogP contribution in [0.2, 0.25) is 5.02 Å². The van der Waals surface area contributed by atoms with Crippen LogP contribution in [0.1, 0.15) is 38.4 Å². The molecule has 214 valence electrons. The summed E-state index contributed by atoms with van der Waals surface area (Å²) in [5.74, 6) is -1.54. The summed E-state index contributed by atoms with van der Waals surface area (Å²) in [6.07, 6.45) is -0.363. The second-order valence-electron chi connectivity index (χ2n) is 9.86. The van der Waals surface area contributed by atoms with Gasteiger partial charge in [-0.15, -0.1) is 0 Å². The smallest absolute Gasteiger partial charge is 0.480 e. The van der Waals surface area contributed by atoms with E-state index in [2.05, 4.69) is 25.2 Å². The van der Waals surface area contributed by atoms with Gasteiger partial charge in [-0.3, -0.25) is 0 Å². The van der Waals surface area contributed by atoms with E-state index in [4.69, 9.17) is 31.0 Å². The summed E-state index contributed by atoms with van der Waals surface area (Å²) in [7, 11) is 1.55. The number of carbonyl (C=O) groups is 2. The number of rotatable bonds is 4. The monoisotopic (exact) mass is 574 g/mol. The third kappa shape index (κ3) is 8.22. The minimum atomic E-state index is -5.08. The first kappa shape index (κ1) is 30.0. The molecule has 0 aliphatic carbocycles. The summed E-state index contributed by atoms with van der Waals surface area (Å²) in [6.45, 7) is 8.32. The third-order valence-electron chi connectivity index (χ3n) is 5.78. The minimum absolute atomic E-state index is 0.106. The molecule has 2 aliphatic heterocycles. The van der Waals surface area contributed by atoms with Gasteiger partial charge in [-0.05, 0) is 33.3 Å². The number of hydrogen-bond donors (Lipinski definition) is 2. The molecule has 2 aromatic rings. The molecule has 11 nitrogen and oxygen atoms in total. The van der Waals surface area contributed by atoms with Crippen LogP contribution in [0.15, 0.2) is 18.6 Å². The Balaban J connectivity index is 0.000000532. The maximum Gasteiger partial charge on any atom is 0.490 e. The fourth-order valence-corrected chi connectivity index (χ4v) is 4.23. The van der Waals surface area contributed by atoms with Crippen LogP contribution in [-0.2, 0) is 22.5 Å². The maximum absolute atomic E-state index is 12.4. The molecule has 0 spiro atoms. The number of anilines is 2. The second kappa shape index (κ2) is 12.1. The molecular formula is C24H30ClF3N6O5. The predicted octanol–water partition coefficient (Wildman–Crippen LogP) is 4.15. The molecule has 15 heteroatoms. The highest BCUT2D eigenvalue weighted by Gasteiger charge is 2.38. The van der Waals surface area contributed by atoms with Gasteiger partial charge in [0.05, 0.1) is 24.7 Å². The lowest BCUT2D eigenvalue weighted by Crippen LogP contribution is -2.37. The number of halogens is 4. The number of hydrogen-bond acceptors (Lipinski definition) is 9. The normalized spacial score (nSPS) is 17.1. The zero-order valence-corrected chi connectivity index (χ0v) is 22.6. The van der Waals surface area contributed by atoms with Gasteiger partial charge in [-0.1, -0.05) is 11.6 Å². The summed E-state index contributed by atoms with van der Waals surface area (Å²) < 4.78 is 42.4. The first-order valence-electron chi connectivity index (χ1n) is 12.0. The van der Waals surface area contributed by atoms with Crippen LogP contribution in [0.25, 0.3) is 0 Å². The van der Waals surface area contributed by atoms with Crippen molar-refractivity contribution in [3.05, 3.63) is 34.9 Å². The zero-order valence-electron chi connectivity index (χ0n) is 21.9. The molecular weight excluding hydrogens is 545 g/mol. The van der Waals surface area contributed by atoms with E-state index >= 15 is 0 Å². The van der Waals surface area contributed by atoms with Gasteiger partial charge in [0.2, 0.25) is 5.88 Å². The Morgan fingerprint density at radius 1 is 1.18 bits per heavy atom. The molecule has 2 N–H and O–H groups in total. The number of carboxylic acids is 1. The molecule has 1 fully saturated rings. The van der Waals surface area contributed by atoms with E-state index in [1.54, 1.807) is 24.5 Å². The molecule has 0 aromatic carbocycles. The Bertz CT molecular complexity index is 1190. The predicted molar refractivity (Wildman–Crippen MR) is 136 cm³/mol. The standard InChI is InChI=1S/C22H29ClN6O3.C2HF3O2/c1-22(2,3)32-21(30)29-7-5-14(11-29)27-19-16-12-28(8-6-18(16)25-13-26-19)15-9-17(23)20(31-4)24-10-15;3-2(4,5)1(6)7/h9-10,13-14H,5-8,11-12H2,1-4H3,(H,25,26,27);(H,6,7)/t14-;/m0./s1. The van der Waals surface area contributed by atoms with E-state index in [9.17, 15) is 18.0 Å². The quantitative estimate of drug-likeness (QED) is 0.549. The van der Waals surface area contributed by atoms with Gasteiger partial charge in [0.25, 0.3) is 0 Å². The Hall–Kier alpha value is -3.55. The highest BCUT2D eigenvalue weighted by atomic mass is 35.5. The zero-order chi connectivity index (χ0) is 29.0. The number of methoxy groups -OCH3 is 1. The highest BCUT2D eigenvalue weighted by Crippen LogP contribution is 2.31. The van der Waals surface area contributed by atoms with E-state index in [1.165, 1.54) is 0 Å². The van der Waals surface area contributed by atoms with Gasteiger partial charge in [0.1, 0.15) is 22.8 Å². The second-order valence-corrected chi connectivity index (χ2v) is 10.3. The number of aromatic nitrogens is 3. The molecule has 0 bridgehead atoms. The highest BCUT2D eigenvalue weighted by molar-refractivity contribution is 6.32. The first-order chi connectivity index (χ1) is 18.2. The molecule has 1 atom stereocenters. The van der Waals surface area contributed by atoms with E-state index in [-0.39, 0.29) is 12.1 Å². The van der Waals surface area contributed by atoms with Crippen molar-refractivity contribution in [1.29, 1.82) is 0 Å². The fourth-order valence-electron chi connectivity index (χ4n) is 3.99. The van der Waals surface area contributed by atoms with Gasteiger partial charge < -0.3 is 29.7 Å². The number of fused-ring (bicyclic) bond motifs is 1. The lowest BCUT2D eigenvalue weighted by molar-refractivity contribution is -0.192. The number of carboxylic acid groups (broad SMARTS) is 1. The van der Waals surface area contributed by atoms with Crippen molar-refractivity contribution < 1.29 is 37.3 Å². The molecule has 0 saturated carbocycles. The van der Waals surface area contributed by atoms with E-state index in [1.807, 2.05) is 26.8 Å². The van der Waals surface area contributed by atoms with E-state index < -0.39 is 17.7 Å². The van der Waals surface area contributed by atoms with Gasteiger partial charge in [0, 0.05) is 44.2 Å². The van der Waals surface area contributed by atoms with Gasteiger partial charge in [-0.2, -0.15) is 13.2 Å². The number of aliphatic carboxylic acids is 1. The van der Waals surface area contributed by atoms with Crippen molar-refractivity contribution in [1.82, 2.24) is 19.9 Å². The van der Waals surface area contributed by atoms with Crippen LogP contribution < -0.4 is 15.0 Å². The summed E-state index contributed by atoms with van der Waals surface area (Å²) in [4.78, 5) is 38.5. The molecule has 2 aliphatic rings. The summed E-state index contributed by atoms with van der Waals surface area (Å²) in [5, 5.41) is 11.1. The average Bonchev–Trinajstić information content (AvgIpc) is 3.31. The Morgan fingerprint density at radius 3 is 2.46 bits per heavy atom. The van der Waals surface area contributed by atoms with Crippen LogP contribution in [0.3, 0.4) is 0 Å². The van der Waals surface area contributed by atoms with Crippen LogP contribution in [0.5, 0.6) is 5.88 Å². The van der Waals surface area contributed by atoms with E-state index in [0.717, 1.165) is 42.1 Å². The van der Waals surface area contributed by atoms with Gasteiger partial charge >= 0.3 is 18.2 Å².